The predicted molar refractivity (Wildman–Crippen MR) is 114 cm³/mol. The van der Waals surface area contributed by atoms with Crippen molar-refractivity contribution >= 4 is 11.6 Å². The minimum Gasteiger partial charge on any atom is -0.324 e. The van der Waals surface area contributed by atoms with Crippen molar-refractivity contribution in [3.63, 3.8) is 0 Å². The summed E-state index contributed by atoms with van der Waals surface area (Å²) in [5.41, 5.74) is 2.06. The topological polar surface area (TPSA) is 49.8 Å². The zero-order valence-electron chi connectivity index (χ0n) is 17.0. The van der Waals surface area contributed by atoms with E-state index in [2.05, 4.69) is 38.8 Å². The number of aryl methyl sites for hydroxylation is 2. The molecule has 1 aliphatic heterocycles. The maximum absolute atomic E-state index is 13.4. The van der Waals surface area contributed by atoms with Crippen molar-refractivity contribution in [2.45, 2.75) is 37.8 Å². The van der Waals surface area contributed by atoms with Crippen molar-refractivity contribution in [1.29, 1.82) is 0 Å². The minimum absolute atomic E-state index is 0.0198. The van der Waals surface area contributed by atoms with Gasteiger partial charge in [0.1, 0.15) is 0 Å². The fourth-order valence-electron chi connectivity index (χ4n) is 3.87. The predicted octanol–water partition coefficient (Wildman–Crippen LogP) is 5.29. The molecule has 3 aromatic rings. The summed E-state index contributed by atoms with van der Waals surface area (Å²) >= 11 is 0. The molecule has 0 bridgehead atoms. The van der Waals surface area contributed by atoms with Gasteiger partial charge in [0.2, 0.25) is 5.95 Å². The molecule has 1 radical (unpaired) electrons. The van der Waals surface area contributed by atoms with Gasteiger partial charge in [0.15, 0.2) is 0 Å². The van der Waals surface area contributed by atoms with E-state index in [1.165, 1.54) is 5.56 Å². The third-order valence-electron chi connectivity index (χ3n) is 5.56. The molecule has 1 aliphatic rings. The van der Waals surface area contributed by atoms with Gasteiger partial charge in [-0.2, -0.15) is 13.2 Å². The molecule has 2 aromatic carbocycles. The van der Waals surface area contributed by atoms with Gasteiger partial charge >= 0.3 is 6.18 Å². The summed E-state index contributed by atoms with van der Waals surface area (Å²) in [4.78, 5) is 8.11. The maximum atomic E-state index is 13.4. The van der Waals surface area contributed by atoms with Gasteiger partial charge in [-0.25, -0.2) is 9.97 Å². The van der Waals surface area contributed by atoms with Crippen molar-refractivity contribution in [1.82, 2.24) is 15.3 Å². The summed E-state index contributed by atoms with van der Waals surface area (Å²) < 4.78 is 40.3. The third kappa shape index (κ3) is 5.61. The first-order valence-electron chi connectivity index (χ1n) is 10.5. The number of rotatable bonds is 6. The van der Waals surface area contributed by atoms with Gasteiger partial charge in [-0.3, -0.25) is 0 Å². The highest BCUT2D eigenvalue weighted by Gasteiger charge is 2.34. The summed E-state index contributed by atoms with van der Waals surface area (Å²) in [5.74, 6) is 0.702. The molecule has 1 fully saturated rings. The van der Waals surface area contributed by atoms with E-state index in [1.54, 1.807) is 6.07 Å². The number of nitrogens with zero attached hydrogens (tertiary/aromatic N) is 2. The molecule has 0 amide bonds. The highest BCUT2D eigenvalue weighted by atomic mass is 19.4. The number of alkyl halides is 3. The smallest absolute Gasteiger partial charge is 0.324 e. The average molecular weight is 425 g/mol. The van der Waals surface area contributed by atoms with Gasteiger partial charge in [-0.05, 0) is 74.0 Å². The Bertz CT molecular complexity index is 982. The highest BCUT2D eigenvalue weighted by molar-refractivity contribution is 5.54. The van der Waals surface area contributed by atoms with Crippen LogP contribution < -0.4 is 10.6 Å². The van der Waals surface area contributed by atoms with Crippen molar-refractivity contribution in [3.05, 3.63) is 83.2 Å². The number of piperidine rings is 1. The van der Waals surface area contributed by atoms with Crippen LogP contribution in [0.2, 0.25) is 0 Å². The Kier molecular flexibility index (Phi) is 6.51. The summed E-state index contributed by atoms with van der Waals surface area (Å²) in [6, 6.07) is 18.3. The van der Waals surface area contributed by atoms with Crippen molar-refractivity contribution < 1.29 is 13.2 Å². The molecule has 4 rings (SSSR count). The van der Waals surface area contributed by atoms with Gasteiger partial charge in [-0.15, -0.1) is 0 Å². The second-order valence-corrected chi connectivity index (χ2v) is 7.71. The van der Waals surface area contributed by atoms with Gasteiger partial charge in [0.05, 0.1) is 11.3 Å². The van der Waals surface area contributed by atoms with Gasteiger partial charge in [0.25, 0.3) is 0 Å². The second kappa shape index (κ2) is 9.47. The molecular formula is C24H24F3N4. The zero-order chi connectivity index (χ0) is 21.7. The molecule has 0 aliphatic carbocycles. The van der Waals surface area contributed by atoms with Crippen LogP contribution in [0, 0.1) is 6.07 Å². The van der Waals surface area contributed by atoms with Crippen LogP contribution in [-0.2, 0) is 19.0 Å². The van der Waals surface area contributed by atoms with E-state index in [1.807, 2.05) is 30.3 Å². The average Bonchev–Trinajstić information content (AvgIpc) is 2.79. The van der Waals surface area contributed by atoms with E-state index in [9.17, 15) is 13.2 Å². The summed E-state index contributed by atoms with van der Waals surface area (Å²) in [6.45, 7) is 2.04. The number of benzene rings is 2. The molecular weight excluding hydrogens is 401 g/mol. The lowest BCUT2D eigenvalue weighted by molar-refractivity contribution is -0.138. The first-order chi connectivity index (χ1) is 15.0. The maximum Gasteiger partial charge on any atom is 0.419 e. The van der Waals surface area contributed by atoms with Crippen LogP contribution in [-0.4, -0.2) is 23.1 Å². The van der Waals surface area contributed by atoms with Crippen molar-refractivity contribution in [3.8, 4) is 0 Å². The normalized spacial score (nSPS) is 15.1. The van der Waals surface area contributed by atoms with Crippen molar-refractivity contribution in [2.24, 2.45) is 0 Å². The molecule has 7 heteroatoms. The standard InChI is InChI=1S/C24H24F3N4/c25-24(26,27)21-16-29-23(31-22(21)11-6-17-4-2-1-3-5-17)30-20-9-7-18(8-10-20)19-12-14-28-15-13-19/h1-4,7-10,16,19,28H,6,11-15H2,(H,29,30,31). The lowest BCUT2D eigenvalue weighted by Crippen LogP contribution is -2.26. The third-order valence-corrected chi connectivity index (χ3v) is 5.56. The minimum atomic E-state index is -4.50. The van der Waals surface area contributed by atoms with E-state index >= 15 is 0 Å². The molecule has 2 heterocycles. The highest BCUT2D eigenvalue weighted by Crippen LogP contribution is 2.32. The van der Waals surface area contributed by atoms with Crippen LogP contribution in [0.15, 0.2) is 54.7 Å². The Hall–Kier alpha value is -2.93. The number of halogens is 3. The SMILES string of the molecule is FC(F)(F)c1cnc(Nc2ccc(C3CCNCC3)cc2)nc1CCc1[c]cccc1. The molecule has 1 saturated heterocycles. The number of hydrogen-bond acceptors (Lipinski definition) is 4. The Labute approximate surface area is 179 Å². The summed E-state index contributed by atoms with van der Waals surface area (Å²) in [6.07, 6.45) is -0.839. The van der Waals surface area contributed by atoms with Crippen LogP contribution in [0.4, 0.5) is 24.8 Å². The van der Waals surface area contributed by atoms with Gasteiger partial charge in [-0.1, -0.05) is 36.4 Å². The van der Waals surface area contributed by atoms with Crippen LogP contribution >= 0.6 is 0 Å². The fourth-order valence-corrected chi connectivity index (χ4v) is 3.87. The Morgan fingerprint density at radius 1 is 1.03 bits per heavy atom. The Morgan fingerprint density at radius 3 is 2.48 bits per heavy atom. The molecule has 2 N–H and O–H groups in total. The summed E-state index contributed by atoms with van der Waals surface area (Å²) in [5, 5.41) is 6.40. The lowest BCUT2D eigenvalue weighted by atomic mass is 9.90. The fraction of sp³-hybridized carbons (Fsp3) is 0.333. The quantitative estimate of drug-likeness (QED) is 0.563. The van der Waals surface area contributed by atoms with E-state index in [4.69, 9.17) is 0 Å². The molecule has 31 heavy (non-hydrogen) atoms. The van der Waals surface area contributed by atoms with E-state index in [0.717, 1.165) is 43.4 Å². The molecule has 0 unspecified atom stereocenters. The molecule has 161 valence electrons. The molecule has 0 atom stereocenters. The number of hydrogen-bond donors (Lipinski definition) is 2. The van der Waals surface area contributed by atoms with Crippen LogP contribution in [0.1, 0.15) is 41.1 Å². The monoisotopic (exact) mass is 425 g/mol. The Morgan fingerprint density at radius 2 is 1.81 bits per heavy atom. The largest absolute Gasteiger partial charge is 0.419 e. The van der Waals surface area contributed by atoms with E-state index in [-0.39, 0.29) is 18.1 Å². The van der Waals surface area contributed by atoms with Crippen LogP contribution in [0.25, 0.3) is 0 Å². The van der Waals surface area contributed by atoms with Crippen LogP contribution in [0.3, 0.4) is 0 Å². The second-order valence-electron chi connectivity index (χ2n) is 7.71. The van der Waals surface area contributed by atoms with E-state index in [0.29, 0.717) is 12.3 Å². The lowest BCUT2D eigenvalue weighted by Gasteiger charge is -2.23. The number of nitrogens with one attached hydrogen (secondary N) is 2. The van der Waals surface area contributed by atoms with Gasteiger partial charge < -0.3 is 10.6 Å². The molecule has 4 nitrogen and oxygen atoms in total. The number of anilines is 2. The molecule has 0 spiro atoms. The van der Waals surface area contributed by atoms with E-state index < -0.39 is 11.7 Å². The first kappa shape index (κ1) is 21.3. The van der Waals surface area contributed by atoms with Crippen LogP contribution in [0.5, 0.6) is 0 Å². The van der Waals surface area contributed by atoms with Crippen molar-refractivity contribution in [2.75, 3.05) is 18.4 Å². The zero-order valence-corrected chi connectivity index (χ0v) is 17.0. The molecule has 0 saturated carbocycles. The number of aromatic nitrogens is 2. The molecule has 1 aromatic heterocycles. The Balaban J connectivity index is 1.50. The summed E-state index contributed by atoms with van der Waals surface area (Å²) in [7, 11) is 0. The first-order valence-corrected chi connectivity index (χ1v) is 10.5. The van der Waals surface area contributed by atoms with Gasteiger partial charge in [0, 0.05) is 11.9 Å².